The fourth-order valence-electron chi connectivity index (χ4n) is 1.58. The summed E-state index contributed by atoms with van der Waals surface area (Å²) < 4.78 is 13.4. The minimum atomic E-state index is -0.348. The number of carbonyl (C=O) groups is 1. The molecule has 0 aliphatic rings. The first-order chi connectivity index (χ1) is 7.56. The molecule has 2 atom stereocenters. The smallest absolute Gasteiger partial charge is 0.236 e. The van der Waals surface area contributed by atoms with Crippen LogP contribution >= 0.6 is 0 Å². The van der Waals surface area contributed by atoms with E-state index in [4.69, 9.17) is 0 Å². The van der Waals surface area contributed by atoms with Gasteiger partial charge >= 0.3 is 0 Å². The zero-order valence-electron chi connectivity index (χ0n) is 9.75. The van der Waals surface area contributed by atoms with Crippen molar-refractivity contribution in [1.29, 1.82) is 0 Å². The Hall–Kier alpha value is -1.42. The lowest BCUT2D eigenvalue weighted by atomic mass is 10.1. The van der Waals surface area contributed by atoms with Gasteiger partial charge in [0.25, 0.3) is 0 Å². The van der Waals surface area contributed by atoms with Gasteiger partial charge in [0.15, 0.2) is 0 Å². The number of halogens is 1. The highest BCUT2D eigenvalue weighted by atomic mass is 19.1. The Morgan fingerprint density at radius 2 is 1.94 bits per heavy atom. The molecule has 0 fully saturated rings. The van der Waals surface area contributed by atoms with E-state index in [2.05, 4.69) is 10.6 Å². The van der Waals surface area contributed by atoms with Crippen LogP contribution in [0, 0.1) is 5.82 Å². The number of amides is 1. The van der Waals surface area contributed by atoms with Crippen LogP contribution in [0.4, 0.5) is 4.39 Å². The summed E-state index contributed by atoms with van der Waals surface area (Å²) in [6.07, 6.45) is 0. The SMILES string of the molecule is CNC(=O)C(C)NC(C)c1ccccc1F. The largest absolute Gasteiger partial charge is 0.358 e. The van der Waals surface area contributed by atoms with Gasteiger partial charge < -0.3 is 5.32 Å². The molecule has 1 aromatic rings. The van der Waals surface area contributed by atoms with Crippen LogP contribution in [0.15, 0.2) is 24.3 Å². The third-order valence-electron chi connectivity index (χ3n) is 2.51. The summed E-state index contributed by atoms with van der Waals surface area (Å²) in [6, 6.07) is 6.00. The van der Waals surface area contributed by atoms with Crippen LogP contribution in [0.1, 0.15) is 25.5 Å². The maximum atomic E-state index is 13.4. The van der Waals surface area contributed by atoms with Crippen molar-refractivity contribution in [3.05, 3.63) is 35.6 Å². The number of hydrogen-bond acceptors (Lipinski definition) is 2. The van der Waals surface area contributed by atoms with Crippen molar-refractivity contribution in [2.24, 2.45) is 0 Å². The summed E-state index contributed by atoms with van der Waals surface area (Å²) in [5.41, 5.74) is 0.568. The molecule has 0 saturated heterocycles. The molecule has 0 radical (unpaired) electrons. The fourth-order valence-corrected chi connectivity index (χ4v) is 1.58. The molecule has 16 heavy (non-hydrogen) atoms. The lowest BCUT2D eigenvalue weighted by Gasteiger charge is -2.19. The van der Waals surface area contributed by atoms with Gasteiger partial charge in [0.2, 0.25) is 5.91 Å². The Morgan fingerprint density at radius 1 is 1.31 bits per heavy atom. The van der Waals surface area contributed by atoms with Gasteiger partial charge in [0.05, 0.1) is 6.04 Å². The Labute approximate surface area is 95.0 Å². The monoisotopic (exact) mass is 224 g/mol. The van der Waals surface area contributed by atoms with E-state index in [1.54, 1.807) is 32.2 Å². The first-order valence-corrected chi connectivity index (χ1v) is 5.28. The molecule has 0 bridgehead atoms. The van der Waals surface area contributed by atoms with E-state index in [1.165, 1.54) is 6.07 Å². The van der Waals surface area contributed by atoms with Gasteiger partial charge in [-0.25, -0.2) is 4.39 Å². The third kappa shape index (κ3) is 3.03. The number of benzene rings is 1. The summed E-state index contributed by atoms with van der Waals surface area (Å²) in [5.74, 6) is -0.366. The van der Waals surface area contributed by atoms with Crippen molar-refractivity contribution in [3.63, 3.8) is 0 Å². The lowest BCUT2D eigenvalue weighted by Crippen LogP contribution is -2.41. The van der Waals surface area contributed by atoms with Gasteiger partial charge in [-0.3, -0.25) is 10.1 Å². The molecule has 0 spiro atoms. The van der Waals surface area contributed by atoms with Crippen molar-refractivity contribution in [1.82, 2.24) is 10.6 Å². The number of hydrogen-bond donors (Lipinski definition) is 2. The second kappa shape index (κ2) is 5.61. The van der Waals surface area contributed by atoms with E-state index in [0.29, 0.717) is 5.56 Å². The molecule has 1 aromatic carbocycles. The summed E-state index contributed by atoms with van der Waals surface area (Å²) in [4.78, 5) is 11.3. The number of nitrogens with one attached hydrogen (secondary N) is 2. The molecule has 3 nitrogen and oxygen atoms in total. The van der Waals surface area contributed by atoms with Crippen LogP contribution in [0.3, 0.4) is 0 Å². The van der Waals surface area contributed by atoms with Gasteiger partial charge in [0, 0.05) is 18.7 Å². The van der Waals surface area contributed by atoms with Gasteiger partial charge in [-0.1, -0.05) is 18.2 Å². The zero-order chi connectivity index (χ0) is 12.1. The normalized spacial score (nSPS) is 14.2. The van der Waals surface area contributed by atoms with Crippen molar-refractivity contribution in [2.75, 3.05) is 7.05 Å². The van der Waals surface area contributed by atoms with Crippen molar-refractivity contribution < 1.29 is 9.18 Å². The number of rotatable bonds is 4. The second-order valence-corrected chi connectivity index (χ2v) is 3.75. The van der Waals surface area contributed by atoms with Gasteiger partial charge in [0.1, 0.15) is 5.82 Å². The minimum absolute atomic E-state index is 0.108. The molecular formula is C12H17FN2O. The molecule has 2 N–H and O–H groups in total. The average molecular weight is 224 g/mol. The van der Waals surface area contributed by atoms with Crippen molar-refractivity contribution in [3.8, 4) is 0 Å². The summed E-state index contributed by atoms with van der Waals surface area (Å²) in [7, 11) is 1.58. The van der Waals surface area contributed by atoms with Crippen molar-refractivity contribution in [2.45, 2.75) is 25.9 Å². The topological polar surface area (TPSA) is 41.1 Å². The fraction of sp³-hybridized carbons (Fsp3) is 0.417. The molecular weight excluding hydrogens is 207 g/mol. The van der Waals surface area contributed by atoms with Crippen LogP contribution in [0.5, 0.6) is 0 Å². The molecule has 1 amide bonds. The van der Waals surface area contributed by atoms with Crippen LogP contribution in [-0.2, 0) is 4.79 Å². The molecule has 0 aliphatic heterocycles. The lowest BCUT2D eigenvalue weighted by molar-refractivity contribution is -0.122. The van der Waals surface area contributed by atoms with Gasteiger partial charge in [-0.15, -0.1) is 0 Å². The first kappa shape index (κ1) is 12.6. The summed E-state index contributed by atoms with van der Waals surface area (Å²) in [5, 5.41) is 5.58. The third-order valence-corrected chi connectivity index (χ3v) is 2.51. The highest BCUT2D eigenvalue weighted by Crippen LogP contribution is 2.16. The molecule has 0 aliphatic carbocycles. The van der Waals surface area contributed by atoms with Crippen LogP contribution < -0.4 is 10.6 Å². The second-order valence-electron chi connectivity index (χ2n) is 3.75. The minimum Gasteiger partial charge on any atom is -0.358 e. The molecule has 2 unspecified atom stereocenters. The molecule has 0 heterocycles. The van der Waals surface area contributed by atoms with E-state index in [0.717, 1.165) is 0 Å². The van der Waals surface area contributed by atoms with Crippen LogP contribution in [0.2, 0.25) is 0 Å². The average Bonchev–Trinajstić information content (AvgIpc) is 2.28. The van der Waals surface area contributed by atoms with E-state index >= 15 is 0 Å². The maximum absolute atomic E-state index is 13.4. The molecule has 88 valence electrons. The Balaban J connectivity index is 2.69. The first-order valence-electron chi connectivity index (χ1n) is 5.28. The standard InChI is InChI=1S/C12H17FN2O/c1-8(15-9(2)12(16)14-3)10-6-4-5-7-11(10)13/h4-9,15H,1-3H3,(H,14,16). The number of likely N-dealkylation sites (N-methyl/N-ethyl adjacent to an activating group) is 1. The Morgan fingerprint density at radius 3 is 2.50 bits per heavy atom. The van der Waals surface area contributed by atoms with Gasteiger partial charge in [-0.05, 0) is 19.9 Å². The van der Waals surface area contributed by atoms with Crippen LogP contribution in [0.25, 0.3) is 0 Å². The highest BCUT2D eigenvalue weighted by Gasteiger charge is 2.16. The molecule has 4 heteroatoms. The zero-order valence-corrected chi connectivity index (χ0v) is 9.75. The van der Waals surface area contributed by atoms with E-state index in [9.17, 15) is 9.18 Å². The molecule has 0 aromatic heterocycles. The molecule has 0 saturated carbocycles. The summed E-state index contributed by atoms with van der Waals surface area (Å²) in [6.45, 7) is 3.58. The predicted molar refractivity (Wildman–Crippen MR) is 61.5 cm³/mol. The Bertz CT molecular complexity index is 368. The van der Waals surface area contributed by atoms with Crippen molar-refractivity contribution >= 4 is 5.91 Å². The maximum Gasteiger partial charge on any atom is 0.236 e. The summed E-state index contributed by atoms with van der Waals surface area (Å²) >= 11 is 0. The number of carbonyl (C=O) groups excluding carboxylic acids is 1. The predicted octanol–water partition coefficient (Wildman–Crippen LogP) is 1.61. The highest BCUT2D eigenvalue weighted by molar-refractivity contribution is 5.80. The quantitative estimate of drug-likeness (QED) is 0.815. The van der Waals surface area contributed by atoms with E-state index in [1.807, 2.05) is 6.92 Å². The Kier molecular flexibility index (Phi) is 4.43. The van der Waals surface area contributed by atoms with Crippen LogP contribution in [-0.4, -0.2) is 19.0 Å². The molecule has 1 rings (SSSR count). The van der Waals surface area contributed by atoms with E-state index in [-0.39, 0.29) is 23.8 Å². The van der Waals surface area contributed by atoms with Gasteiger partial charge in [-0.2, -0.15) is 0 Å². The van der Waals surface area contributed by atoms with E-state index < -0.39 is 0 Å².